The van der Waals surface area contributed by atoms with Crippen LogP contribution in [0.5, 0.6) is 0 Å². The normalized spacial score (nSPS) is 14.5. The van der Waals surface area contributed by atoms with Gasteiger partial charge in [-0.15, -0.1) is 11.3 Å². The zero-order valence-corrected chi connectivity index (χ0v) is 18.1. The SMILES string of the molecule is O=C1NCCN1CCN(c1sc2ccccc2c1Br)S(=O)(=O)c1ccccc1. The predicted molar refractivity (Wildman–Crippen MR) is 115 cm³/mol. The lowest BCUT2D eigenvalue weighted by molar-refractivity contribution is 0.218. The minimum absolute atomic E-state index is 0.160. The number of nitrogens with one attached hydrogen (secondary N) is 1. The molecule has 4 rings (SSSR count). The molecule has 0 radical (unpaired) electrons. The molecular formula is C19H18BrN3O3S2. The Kier molecular flexibility index (Phi) is 5.31. The fourth-order valence-corrected chi connectivity index (χ4v) is 7.02. The number of urea groups is 1. The molecule has 146 valence electrons. The molecule has 0 spiro atoms. The van der Waals surface area contributed by atoms with Crippen LogP contribution in [-0.4, -0.2) is 45.5 Å². The maximum Gasteiger partial charge on any atom is 0.317 e. The van der Waals surface area contributed by atoms with Crippen molar-refractivity contribution >= 4 is 58.4 Å². The van der Waals surface area contributed by atoms with Crippen LogP contribution in [0.4, 0.5) is 9.80 Å². The minimum atomic E-state index is -3.78. The van der Waals surface area contributed by atoms with Crippen LogP contribution in [0.25, 0.3) is 10.1 Å². The average Bonchev–Trinajstić information content (AvgIpc) is 3.26. The van der Waals surface area contributed by atoms with E-state index in [0.717, 1.165) is 14.6 Å². The lowest BCUT2D eigenvalue weighted by Gasteiger charge is -2.25. The number of carbonyl (C=O) groups is 1. The molecule has 6 nitrogen and oxygen atoms in total. The summed E-state index contributed by atoms with van der Waals surface area (Å²) in [7, 11) is -3.78. The van der Waals surface area contributed by atoms with E-state index in [0.29, 0.717) is 24.6 Å². The van der Waals surface area contributed by atoms with E-state index in [9.17, 15) is 13.2 Å². The van der Waals surface area contributed by atoms with Gasteiger partial charge < -0.3 is 10.2 Å². The molecule has 28 heavy (non-hydrogen) atoms. The third kappa shape index (κ3) is 3.49. The van der Waals surface area contributed by atoms with Crippen LogP contribution < -0.4 is 9.62 Å². The van der Waals surface area contributed by atoms with E-state index >= 15 is 0 Å². The lowest BCUT2D eigenvalue weighted by Crippen LogP contribution is -2.39. The number of carbonyl (C=O) groups excluding carboxylic acids is 1. The molecule has 9 heteroatoms. The first-order valence-corrected chi connectivity index (χ1v) is 11.8. The summed E-state index contributed by atoms with van der Waals surface area (Å²) in [5.74, 6) is 0. The first-order chi connectivity index (χ1) is 13.5. The van der Waals surface area contributed by atoms with Gasteiger partial charge in [0, 0.05) is 29.7 Å². The van der Waals surface area contributed by atoms with Crippen LogP contribution in [-0.2, 0) is 10.0 Å². The number of hydrogen-bond donors (Lipinski definition) is 1. The molecule has 2 heterocycles. The largest absolute Gasteiger partial charge is 0.336 e. The Labute approximate surface area is 175 Å². The van der Waals surface area contributed by atoms with Crippen molar-refractivity contribution in [1.82, 2.24) is 10.2 Å². The number of rotatable bonds is 6. The van der Waals surface area contributed by atoms with Crippen molar-refractivity contribution in [2.75, 3.05) is 30.5 Å². The van der Waals surface area contributed by atoms with Crippen molar-refractivity contribution in [2.24, 2.45) is 0 Å². The summed E-state index contributed by atoms with van der Waals surface area (Å²) in [5, 5.41) is 4.33. The Morgan fingerprint density at radius 3 is 2.50 bits per heavy atom. The van der Waals surface area contributed by atoms with E-state index in [1.807, 2.05) is 24.3 Å². The van der Waals surface area contributed by atoms with Crippen LogP contribution in [0.1, 0.15) is 0 Å². The van der Waals surface area contributed by atoms with E-state index in [4.69, 9.17) is 0 Å². The number of halogens is 1. The van der Waals surface area contributed by atoms with Crippen molar-refractivity contribution in [1.29, 1.82) is 0 Å². The van der Waals surface area contributed by atoms with Crippen LogP contribution >= 0.6 is 27.3 Å². The first kappa shape index (κ1) is 19.2. The molecule has 1 saturated heterocycles. The van der Waals surface area contributed by atoms with Gasteiger partial charge in [0.1, 0.15) is 5.00 Å². The van der Waals surface area contributed by atoms with Crippen LogP contribution in [0.15, 0.2) is 64.0 Å². The monoisotopic (exact) mass is 479 g/mol. The highest BCUT2D eigenvalue weighted by molar-refractivity contribution is 9.10. The van der Waals surface area contributed by atoms with Gasteiger partial charge in [-0.2, -0.15) is 0 Å². The molecule has 2 aromatic carbocycles. The standard InChI is InChI=1S/C19H18BrN3O3S2/c20-17-15-8-4-5-9-16(15)27-18(17)23(13-12-22-11-10-21-19(22)24)28(25,26)14-6-2-1-3-7-14/h1-9H,10-13H2,(H,21,24). The molecule has 1 aliphatic rings. The topological polar surface area (TPSA) is 69.7 Å². The quantitative estimate of drug-likeness (QED) is 0.582. The van der Waals surface area contributed by atoms with Crippen LogP contribution in [0, 0.1) is 0 Å². The average molecular weight is 480 g/mol. The summed E-state index contributed by atoms with van der Waals surface area (Å²) >= 11 is 5.01. The molecule has 1 fully saturated rings. The Morgan fingerprint density at radius 1 is 1.11 bits per heavy atom. The number of benzene rings is 2. The molecule has 2 amide bonds. The van der Waals surface area contributed by atoms with Crippen molar-refractivity contribution in [2.45, 2.75) is 4.90 Å². The summed E-state index contributed by atoms with van der Waals surface area (Å²) in [5.41, 5.74) is 0. The van der Waals surface area contributed by atoms with Crippen LogP contribution in [0.2, 0.25) is 0 Å². The minimum Gasteiger partial charge on any atom is -0.336 e. The molecule has 0 unspecified atom stereocenters. The van der Waals surface area contributed by atoms with Gasteiger partial charge in [0.05, 0.1) is 15.9 Å². The second kappa shape index (κ2) is 7.73. The zero-order valence-electron chi connectivity index (χ0n) is 14.8. The summed E-state index contributed by atoms with van der Waals surface area (Å²) < 4.78 is 30.0. The van der Waals surface area contributed by atoms with Gasteiger partial charge in [0.2, 0.25) is 0 Å². The van der Waals surface area contributed by atoms with Gasteiger partial charge in [-0.25, -0.2) is 13.2 Å². The molecule has 1 N–H and O–H groups in total. The van der Waals surface area contributed by atoms with Gasteiger partial charge in [-0.1, -0.05) is 36.4 Å². The Morgan fingerprint density at radius 2 is 1.82 bits per heavy atom. The molecule has 1 aromatic heterocycles. The maximum atomic E-state index is 13.4. The van der Waals surface area contributed by atoms with Gasteiger partial charge >= 0.3 is 6.03 Å². The number of nitrogens with zero attached hydrogens (tertiary/aromatic N) is 2. The smallest absolute Gasteiger partial charge is 0.317 e. The van der Waals surface area contributed by atoms with Gasteiger partial charge in [-0.05, 0) is 34.1 Å². The van der Waals surface area contributed by atoms with Crippen molar-refractivity contribution in [3.63, 3.8) is 0 Å². The fourth-order valence-electron chi connectivity index (χ4n) is 3.15. The van der Waals surface area contributed by atoms with Gasteiger partial charge in [0.15, 0.2) is 0 Å². The molecule has 0 atom stereocenters. The number of fused-ring (bicyclic) bond motifs is 1. The number of hydrogen-bond acceptors (Lipinski definition) is 4. The van der Waals surface area contributed by atoms with E-state index in [2.05, 4.69) is 21.2 Å². The number of amides is 2. The molecular weight excluding hydrogens is 462 g/mol. The van der Waals surface area contributed by atoms with E-state index < -0.39 is 10.0 Å². The zero-order chi connectivity index (χ0) is 19.7. The second-order valence-electron chi connectivity index (χ2n) is 6.33. The van der Waals surface area contributed by atoms with E-state index in [-0.39, 0.29) is 17.5 Å². The van der Waals surface area contributed by atoms with Crippen molar-refractivity contribution < 1.29 is 13.2 Å². The first-order valence-electron chi connectivity index (χ1n) is 8.76. The molecule has 0 saturated carbocycles. The fraction of sp³-hybridized carbons (Fsp3) is 0.211. The number of thiophene rings is 1. The van der Waals surface area contributed by atoms with Crippen molar-refractivity contribution in [3.8, 4) is 0 Å². The van der Waals surface area contributed by atoms with Crippen LogP contribution in [0.3, 0.4) is 0 Å². The summed E-state index contributed by atoms with van der Waals surface area (Å²) in [4.78, 5) is 13.8. The Hall–Kier alpha value is -2.10. The molecule has 3 aromatic rings. The third-order valence-corrected chi connectivity index (χ3v) is 8.78. The summed E-state index contributed by atoms with van der Waals surface area (Å²) in [6.07, 6.45) is 0. The molecule has 1 aliphatic heterocycles. The molecule has 0 bridgehead atoms. The second-order valence-corrected chi connectivity index (χ2v) is 10.0. The third-order valence-electron chi connectivity index (χ3n) is 4.59. The van der Waals surface area contributed by atoms with Gasteiger partial charge in [-0.3, -0.25) is 4.31 Å². The number of anilines is 1. The van der Waals surface area contributed by atoms with Gasteiger partial charge in [0.25, 0.3) is 10.0 Å². The highest BCUT2D eigenvalue weighted by Gasteiger charge is 2.30. The highest BCUT2D eigenvalue weighted by Crippen LogP contribution is 2.43. The van der Waals surface area contributed by atoms with E-state index in [1.165, 1.54) is 15.6 Å². The van der Waals surface area contributed by atoms with Crippen molar-refractivity contribution in [3.05, 3.63) is 59.1 Å². The summed E-state index contributed by atoms with van der Waals surface area (Å²) in [6.45, 7) is 1.65. The Bertz CT molecular complexity index is 1120. The summed E-state index contributed by atoms with van der Waals surface area (Å²) in [6, 6.07) is 16.0. The number of sulfonamides is 1. The maximum absolute atomic E-state index is 13.4. The lowest BCUT2D eigenvalue weighted by atomic mass is 10.3. The predicted octanol–water partition coefficient (Wildman–Crippen LogP) is 3.88. The molecule has 0 aliphatic carbocycles. The van der Waals surface area contributed by atoms with E-state index in [1.54, 1.807) is 35.2 Å². The highest BCUT2D eigenvalue weighted by atomic mass is 79.9. The Balaban J connectivity index is 1.76.